The van der Waals surface area contributed by atoms with Crippen LogP contribution in [0.3, 0.4) is 0 Å². The zero-order chi connectivity index (χ0) is 17.5. The summed E-state index contributed by atoms with van der Waals surface area (Å²) in [5.74, 6) is -1.23. The number of aliphatic carboxylic acids is 1. The Kier molecular flexibility index (Phi) is 7.18. The molecule has 0 unspecified atom stereocenters. The van der Waals surface area contributed by atoms with Gasteiger partial charge in [0, 0.05) is 52.4 Å². The van der Waals surface area contributed by atoms with Gasteiger partial charge in [-0.15, -0.1) is 0 Å². The van der Waals surface area contributed by atoms with Crippen LogP contribution in [-0.2, 0) is 4.79 Å². The zero-order valence-corrected chi connectivity index (χ0v) is 13.6. The fraction of sp³-hybridized carbons (Fsp3) is 0.857. The van der Waals surface area contributed by atoms with Crippen LogP contribution in [-0.4, -0.2) is 114 Å². The number of likely N-dealkylation sites (tertiary alicyclic amines) is 1. The molecule has 10 heteroatoms. The Bertz CT molecular complexity index is 426. The number of hydrogen-bond acceptors (Lipinski definition) is 7. The van der Waals surface area contributed by atoms with Crippen molar-refractivity contribution < 1.29 is 24.9 Å². The first kappa shape index (κ1) is 18.9. The highest BCUT2D eigenvalue weighted by atomic mass is 16.4. The minimum absolute atomic E-state index is 0.182. The van der Waals surface area contributed by atoms with Gasteiger partial charge in [-0.2, -0.15) is 0 Å². The lowest BCUT2D eigenvalue weighted by molar-refractivity contribution is -0.143. The minimum atomic E-state index is -1.32. The van der Waals surface area contributed by atoms with E-state index in [4.69, 9.17) is 0 Å². The first-order chi connectivity index (χ1) is 11.5. The Morgan fingerprint density at radius 1 is 0.875 bits per heavy atom. The van der Waals surface area contributed by atoms with Crippen molar-refractivity contribution in [3.8, 4) is 0 Å². The molecule has 10 nitrogen and oxygen atoms in total. The van der Waals surface area contributed by atoms with Crippen LogP contribution < -0.4 is 16.0 Å². The van der Waals surface area contributed by atoms with Crippen LogP contribution in [0.4, 0.5) is 4.79 Å². The summed E-state index contributed by atoms with van der Waals surface area (Å²) in [6.45, 7) is 5.47. The van der Waals surface area contributed by atoms with Crippen molar-refractivity contribution in [3.63, 3.8) is 0 Å². The van der Waals surface area contributed by atoms with Gasteiger partial charge >= 0.3 is 12.1 Å². The molecule has 0 radical (unpaired) electrons. The van der Waals surface area contributed by atoms with Crippen LogP contribution in [0.25, 0.3) is 0 Å². The average molecular weight is 345 g/mol. The molecule has 0 aromatic heterocycles. The van der Waals surface area contributed by atoms with Crippen LogP contribution in [0.1, 0.15) is 0 Å². The Morgan fingerprint density at radius 2 is 1.38 bits per heavy atom. The lowest BCUT2D eigenvalue weighted by atomic mass is 10.0. The molecule has 2 aliphatic heterocycles. The first-order valence-electron chi connectivity index (χ1n) is 8.29. The van der Waals surface area contributed by atoms with Crippen molar-refractivity contribution >= 4 is 12.1 Å². The van der Waals surface area contributed by atoms with E-state index >= 15 is 0 Å². The Hall–Kier alpha value is -1.46. The summed E-state index contributed by atoms with van der Waals surface area (Å²) in [6, 6.07) is -2.00. The quantitative estimate of drug-likeness (QED) is 0.314. The maximum Gasteiger partial charge on any atom is 0.408 e. The summed E-state index contributed by atoms with van der Waals surface area (Å²) in [7, 11) is 0. The van der Waals surface area contributed by atoms with E-state index in [2.05, 4.69) is 16.0 Å². The van der Waals surface area contributed by atoms with Crippen LogP contribution in [0.5, 0.6) is 0 Å². The van der Waals surface area contributed by atoms with Gasteiger partial charge in [-0.25, -0.2) is 9.59 Å². The summed E-state index contributed by atoms with van der Waals surface area (Å²) >= 11 is 0. The van der Waals surface area contributed by atoms with E-state index in [9.17, 15) is 24.9 Å². The fourth-order valence-electron chi connectivity index (χ4n) is 3.32. The lowest BCUT2D eigenvalue weighted by Gasteiger charge is -2.34. The second-order valence-corrected chi connectivity index (χ2v) is 6.06. The predicted octanol–water partition coefficient (Wildman–Crippen LogP) is -2.75. The Morgan fingerprint density at radius 3 is 1.83 bits per heavy atom. The molecule has 0 spiro atoms. The molecule has 1 amide bonds. The number of nitrogens with one attached hydrogen (secondary N) is 3. The summed E-state index contributed by atoms with van der Waals surface area (Å²) in [5.41, 5.74) is 0. The van der Waals surface area contributed by atoms with E-state index in [-0.39, 0.29) is 6.54 Å². The number of carboxylic acid groups (broad SMARTS) is 2. The van der Waals surface area contributed by atoms with Gasteiger partial charge < -0.3 is 31.3 Å². The molecule has 0 aromatic carbocycles. The molecule has 2 rings (SSSR count). The molecular formula is C14H27N5O5. The highest BCUT2D eigenvalue weighted by Crippen LogP contribution is 2.24. The molecule has 138 valence electrons. The molecule has 2 fully saturated rings. The molecule has 2 saturated heterocycles. The third-order valence-corrected chi connectivity index (χ3v) is 4.47. The third kappa shape index (κ3) is 4.77. The standard InChI is InChI=1S/C14H27N5O5/c20-10-9-19(14(23)24)12(13(21)22)11(10)18-7-5-16-3-1-15-2-4-17-6-8-18/h10-12,15-17,20H,1-9H2,(H,21,22)(H,23,24)/t10-,11+,12-/m0/s1. The number of carbonyl (C=O) groups is 2. The number of rotatable bonds is 2. The van der Waals surface area contributed by atoms with Gasteiger partial charge in [0.25, 0.3) is 0 Å². The second kappa shape index (κ2) is 9.14. The molecule has 0 saturated carbocycles. The molecule has 0 aromatic rings. The monoisotopic (exact) mass is 345 g/mol. The lowest BCUT2D eigenvalue weighted by Crippen LogP contribution is -2.56. The van der Waals surface area contributed by atoms with Crippen molar-refractivity contribution in [2.45, 2.75) is 18.2 Å². The normalized spacial score (nSPS) is 31.2. The maximum absolute atomic E-state index is 11.6. The van der Waals surface area contributed by atoms with Gasteiger partial charge in [0.2, 0.25) is 0 Å². The van der Waals surface area contributed by atoms with Crippen molar-refractivity contribution in [2.75, 3.05) is 58.9 Å². The average Bonchev–Trinajstić information content (AvgIpc) is 2.86. The topological polar surface area (TPSA) is 137 Å². The minimum Gasteiger partial charge on any atom is -0.480 e. The summed E-state index contributed by atoms with van der Waals surface area (Å²) < 4.78 is 0. The van der Waals surface area contributed by atoms with Gasteiger partial charge in [-0.3, -0.25) is 9.80 Å². The van der Waals surface area contributed by atoms with Crippen LogP contribution in [0.15, 0.2) is 0 Å². The van der Waals surface area contributed by atoms with Gasteiger partial charge in [0.05, 0.1) is 18.7 Å². The molecule has 0 bridgehead atoms. The van der Waals surface area contributed by atoms with Gasteiger partial charge in [0.1, 0.15) is 0 Å². The summed E-state index contributed by atoms with van der Waals surface area (Å²) in [5, 5.41) is 38.8. The first-order valence-corrected chi connectivity index (χ1v) is 8.29. The molecule has 0 aliphatic carbocycles. The van der Waals surface area contributed by atoms with E-state index in [1.807, 2.05) is 4.90 Å². The smallest absolute Gasteiger partial charge is 0.408 e. The van der Waals surface area contributed by atoms with E-state index < -0.39 is 30.3 Å². The summed E-state index contributed by atoms with van der Waals surface area (Å²) in [6.07, 6.45) is -2.34. The van der Waals surface area contributed by atoms with Crippen LogP contribution in [0, 0.1) is 0 Å². The van der Waals surface area contributed by atoms with Crippen LogP contribution in [0.2, 0.25) is 0 Å². The molecule has 24 heavy (non-hydrogen) atoms. The zero-order valence-electron chi connectivity index (χ0n) is 13.6. The van der Waals surface area contributed by atoms with Crippen molar-refractivity contribution in [3.05, 3.63) is 0 Å². The van der Waals surface area contributed by atoms with E-state index in [1.54, 1.807) is 0 Å². The van der Waals surface area contributed by atoms with E-state index in [0.29, 0.717) is 26.2 Å². The van der Waals surface area contributed by atoms with E-state index in [1.165, 1.54) is 0 Å². The number of carboxylic acids is 1. The van der Waals surface area contributed by atoms with E-state index in [0.717, 1.165) is 31.1 Å². The Labute approximate surface area is 140 Å². The summed E-state index contributed by atoms with van der Waals surface area (Å²) in [4.78, 5) is 25.6. The van der Waals surface area contributed by atoms with Crippen molar-refractivity contribution in [1.29, 1.82) is 0 Å². The SMILES string of the molecule is O=C(O)[C@@H]1[C@H](N2CCNCCNCCNCC2)[C@@H](O)CN1C(=O)O. The second-order valence-electron chi connectivity index (χ2n) is 6.06. The van der Waals surface area contributed by atoms with Gasteiger partial charge in [-0.1, -0.05) is 0 Å². The molecular weight excluding hydrogens is 318 g/mol. The number of β-amino-alcohol motifs (C(OH)–C–C–N with tert-alkyl or cyclic N) is 1. The van der Waals surface area contributed by atoms with Crippen molar-refractivity contribution in [2.24, 2.45) is 0 Å². The molecule has 3 atom stereocenters. The highest BCUT2D eigenvalue weighted by molar-refractivity contribution is 5.81. The third-order valence-electron chi connectivity index (χ3n) is 4.47. The molecule has 6 N–H and O–H groups in total. The Balaban J connectivity index is 2.10. The van der Waals surface area contributed by atoms with Crippen LogP contribution >= 0.6 is 0 Å². The predicted molar refractivity (Wildman–Crippen MR) is 86.1 cm³/mol. The van der Waals surface area contributed by atoms with Gasteiger partial charge in [0.15, 0.2) is 6.04 Å². The van der Waals surface area contributed by atoms with Crippen molar-refractivity contribution in [1.82, 2.24) is 25.8 Å². The fourth-order valence-corrected chi connectivity index (χ4v) is 3.32. The van der Waals surface area contributed by atoms with Gasteiger partial charge in [-0.05, 0) is 0 Å². The maximum atomic E-state index is 11.6. The highest BCUT2D eigenvalue weighted by Gasteiger charge is 2.50. The number of aliphatic hydroxyl groups is 1. The number of hydrogen-bond donors (Lipinski definition) is 6. The number of nitrogens with zero attached hydrogens (tertiary/aromatic N) is 2. The molecule has 2 heterocycles. The number of aliphatic hydroxyl groups excluding tert-OH is 1. The largest absolute Gasteiger partial charge is 0.480 e. The number of amides is 1. The molecule has 2 aliphatic rings.